The molecule has 2 aliphatic rings. The van der Waals surface area contributed by atoms with E-state index in [1.165, 1.54) is 26.2 Å². The number of carbonyl (C=O) groups excluding carboxylic acids is 1. The fourth-order valence-electron chi connectivity index (χ4n) is 2.81. The monoisotopic (exact) mass is 338 g/mol. The van der Waals surface area contributed by atoms with Crippen molar-refractivity contribution in [3.05, 3.63) is 17.7 Å². The molecule has 2 unspecified atom stereocenters. The maximum Gasteiger partial charge on any atom is 0.292 e. The Kier molecular flexibility index (Phi) is 4.25. The second-order valence-corrected chi connectivity index (χ2v) is 6.23. The highest BCUT2D eigenvalue weighted by molar-refractivity contribution is 7.99. The lowest BCUT2D eigenvalue weighted by Gasteiger charge is -2.20. The number of fused-ring (bicyclic) bond motifs is 1. The minimum Gasteiger partial charge on any atom is -0.493 e. The van der Waals surface area contributed by atoms with Crippen LogP contribution in [0.5, 0.6) is 17.2 Å². The molecule has 1 aromatic carbocycles. The molecule has 8 heteroatoms. The summed E-state index contributed by atoms with van der Waals surface area (Å²) in [5.74, 6) is 2.49. The topological polar surface area (TPSA) is 81.1 Å². The van der Waals surface area contributed by atoms with Crippen molar-refractivity contribution in [3.8, 4) is 17.2 Å². The van der Waals surface area contributed by atoms with Crippen LogP contribution in [-0.4, -0.2) is 61.8 Å². The van der Waals surface area contributed by atoms with Crippen molar-refractivity contribution in [2.45, 2.75) is 12.1 Å². The van der Waals surface area contributed by atoms with Gasteiger partial charge < -0.3 is 18.9 Å². The Morgan fingerprint density at radius 3 is 2.43 bits per heavy atom. The van der Waals surface area contributed by atoms with E-state index in [-0.39, 0.29) is 24.1 Å². The lowest BCUT2D eigenvalue weighted by Crippen LogP contribution is -2.41. The summed E-state index contributed by atoms with van der Waals surface area (Å²) in [6, 6.07) is 2.98. The fourth-order valence-corrected chi connectivity index (χ4v) is 4.08. The first kappa shape index (κ1) is 15.8. The highest BCUT2D eigenvalue weighted by Gasteiger charge is 2.46. The number of methoxy groups -OCH3 is 3. The predicted molar refractivity (Wildman–Crippen MR) is 86.0 cm³/mol. The van der Waals surface area contributed by atoms with Gasteiger partial charge in [0.1, 0.15) is 6.10 Å². The fraction of sp³-hybridized carbons (Fsp3) is 0.467. The van der Waals surface area contributed by atoms with Crippen molar-refractivity contribution >= 4 is 23.7 Å². The van der Waals surface area contributed by atoms with Crippen LogP contribution < -0.4 is 14.2 Å². The van der Waals surface area contributed by atoms with Gasteiger partial charge in [-0.2, -0.15) is 11.8 Å². The van der Waals surface area contributed by atoms with E-state index in [0.29, 0.717) is 22.8 Å². The molecule has 2 aliphatic heterocycles. The zero-order valence-corrected chi connectivity index (χ0v) is 13.9. The number of benzene rings is 1. The van der Waals surface area contributed by atoms with Gasteiger partial charge in [0.2, 0.25) is 5.75 Å². The average molecular weight is 338 g/mol. The van der Waals surface area contributed by atoms with Crippen LogP contribution in [-0.2, 0) is 4.74 Å². The van der Waals surface area contributed by atoms with Crippen LogP contribution >= 0.6 is 11.8 Å². The van der Waals surface area contributed by atoms with Crippen LogP contribution in [0.15, 0.2) is 12.1 Å². The van der Waals surface area contributed by atoms with Crippen molar-refractivity contribution in [2.75, 3.05) is 32.8 Å². The predicted octanol–water partition coefficient (Wildman–Crippen LogP) is 1.60. The van der Waals surface area contributed by atoms with Crippen molar-refractivity contribution in [1.82, 2.24) is 4.90 Å². The van der Waals surface area contributed by atoms with Gasteiger partial charge in [0.05, 0.1) is 27.4 Å². The lowest BCUT2D eigenvalue weighted by molar-refractivity contribution is 0.0822. The molecule has 0 spiro atoms. The molecule has 2 saturated heterocycles. The van der Waals surface area contributed by atoms with Crippen LogP contribution in [0.2, 0.25) is 0 Å². The Morgan fingerprint density at radius 2 is 1.87 bits per heavy atom. The van der Waals surface area contributed by atoms with Gasteiger partial charge in [0, 0.05) is 17.1 Å². The van der Waals surface area contributed by atoms with Crippen LogP contribution in [0.3, 0.4) is 0 Å². The van der Waals surface area contributed by atoms with Crippen molar-refractivity contribution in [2.24, 2.45) is 0 Å². The smallest absolute Gasteiger partial charge is 0.292 e. The van der Waals surface area contributed by atoms with Crippen molar-refractivity contribution in [1.29, 1.82) is 5.41 Å². The second-order valence-electron chi connectivity index (χ2n) is 5.16. The number of rotatable bonds is 4. The van der Waals surface area contributed by atoms with E-state index in [1.807, 2.05) is 0 Å². The molecule has 2 atom stereocenters. The van der Waals surface area contributed by atoms with Crippen LogP contribution in [0.25, 0.3) is 0 Å². The van der Waals surface area contributed by atoms with Gasteiger partial charge in [-0.15, -0.1) is 0 Å². The highest BCUT2D eigenvalue weighted by Crippen LogP contribution is 2.39. The number of amides is 1. The van der Waals surface area contributed by atoms with E-state index in [1.54, 1.807) is 23.9 Å². The molecule has 0 saturated carbocycles. The highest BCUT2D eigenvalue weighted by atomic mass is 32.2. The Hall–Kier alpha value is -2.09. The van der Waals surface area contributed by atoms with Gasteiger partial charge in [0.15, 0.2) is 11.5 Å². The Balaban J connectivity index is 1.97. The third-order valence-electron chi connectivity index (χ3n) is 3.94. The van der Waals surface area contributed by atoms with Crippen LogP contribution in [0, 0.1) is 5.41 Å². The van der Waals surface area contributed by atoms with Gasteiger partial charge in [-0.1, -0.05) is 0 Å². The van der Waals surface area contributed by atoms with Gasteiger partial charge in [-0.3, -0.25) is 15.1 Å². The number of thioether (sulfide) groups is 1. The number of amidine groups is 1. The largest absolute Gasteiger partial charge is 0.493 e. The van der Waals surface area contributed by atoms with Crippen molar-refractivity contribution < 1.29 is 23.7 Å². The SMILES string of the molecule is COc1cc(C(=O)N2C(=N)OC3CSCC32)cc(OC)c1OC. The minimum atomic E-state index is -0.302. The van der Waals surface area contributed by atoms with Crippen LogP contribution in [0.4, 0.5) is 0 Å². The Morgan fingerprint density at radius 1 is 1.22 bits per heavy atom. The maximum atomic E-state index is 12.9. The molecule has 1 aromatic rings. The van der Waals surface area contributed by atoms with Gasteiger partial charge in [0.25, 0.3) is 11.9 Å². The molecule has 2 heterocycles. The van der Waals surface area contributed by atoms with E-state index >= 15 is 0 Å². The van der Waals surface area contributed by atoms with E-state index < -0.39 is 0 Å². The van der Waals surface area contributed by atoms with E-state index in [0.717, 1.165) is 11.5 Å². The summed E-state index contributed by atoms with van der Waals surface area (Å²) in [5, 5.41) is 7.95. The standard InChI is InChI=1S/C15H18N2O5S/c1-19-10-4-8(5-11(20-2)13(10)21-3)14(18)17-9-6-23-7-12(9)22-15(17)16/h4-5,9,12,16H,6-7H2,1-3H3. The van der Waals surface area contributed by atoms with Gasteiger partial charge >= 0.3 is 0 Å². The number of ether oxygens (including phenoxy) is 4. The molecular formula is C15H18N2O5S. The molecule has 23 heavy (non-hydrogen) atoms. The summed E-state index contributed by atoms with van der Waals surface area (Å²) in [7, 11) is 4.50. The van der Waals surface area contributed by atoms with Gasteiger partial charge in [-0.05, 0) is 12.1 Å². The average Bonchev–Trinajstić information content (AvgIpc) is 3.12. The number of hydrogen-bond acceptors (Lipinski definition) is 7. The molecule has 0 aliphatic carbocycles. The quantitative estimate of drug-likeness (QED) is 0.898. The van der Waals surface area contributed by atoms with Crippen LogP contribution in [0.1, 0.15) is 10.4 Å². The van der Waals surface area contributed by atoms with E-state index in [9.17, 15) is 4.79 Å². The molecule has 2 fully saturated rings. The second kappa shape index (κ2) is 6.19. The molecule has 7 nitrogen and oxygen atoms in total. The first-order valence-electron chi connectivity index (χ1n) is 7.07. The Bertz CT molecular complexity index is 626. The maximum absolute atomic E-state index is 12.9. The summed E-state index contributed by atoms with van der Waals surface area (Å²) in [4.78, 5) is 14.3. The summed E-state index contributed by atoms with van der Waals surface area (Å²) >= 11 is 1.72. The normalized spacial score (nSPS) is 22.6. The molecule has 1 amide bonds. The molecule has 1 N–H and O–H groups in total. The minimum absolute atomic E-state index is 0.0981. The zero-order valence-electron chi connectivity index (χ0n) is 13.1. The molecule has 3 rings (SSSR count). The van der Waals surface area contributed by atoms with Crippen molar-refractivity contribution in [3.63, 3.8) is 0 Å². The number of nitrogens with zero attached hydrogens (tertiary/aromatic N) is 1. The van der Waals surface area contributed by atoms with E-state index in [4.69, 9.17) is 24.4 Å². The number of nitrogens with one attached hydrogen (secondary N) is 1. The summed E-state index contributed by atoms with van der Waals surface area (Å²) in [5.41, 5.74) is 0.366. The molecule has 0 aromatic heterocycles. The first-order valence-corrected chi connectivity index (χ1v) is 8.22. The molecule has 0 radical (unpaired) electrons. The van der Waals surface area contributed by atoms with Gasteiger partial charge in [-0.25, -0.2) is 0 Å². The third-order valence-corrected chi connectivity index (χ3v) is 5.09. The lowest BCUT2D eigenvalue weighted by atomic mass is 10.1. The molecule has 124 valence electrons. The zero-order chi connectivity index (χ0) is 16.6. The first-order chi connectivity index (χ1) is 11.1. The summed E-state index contributed by atoms with van der Waals surface area (Å²) in [6.07, 6.45) is -0.0986. The summed E-state index contributed by atoms with van der Waals surface area (Å²) < 4.78 is 21.3. The number of hydrogen-bond donors (Lipinski definition) is 1. The summed E-state index contributed by atoms with van der Waals surface area (Å²) in [6.45, 7) is 0. The van der Waals surface area contributed by atoms with E-state index in [2.05, 4.69) is 0 Å². The number of carbonyl (C=O) groups is 1. The Labute approximate surface area is 138 Å². The third kappa shape index (κ3) is 2.56. The molecule has 0 bridgehead atoms. The molecular weight excluding hydrogens is 320 g/mol.